The first-order valence-corrected chi connectivity index (χ1v) is 8.41. The van der Waals surface area contributed by atoms with E-state index in [4.69, 9.17) is 21.1 Å². The number of halogens is 1. The highest BCUT2D eigenvalue weighted by molar-refractivity contribution is 6.30. The first-order chi connectivity index (χ1) is 11.6. The molecule has 24 heavy (non-hydrogen) atoms. The fourth-order valence-electron chi connectivity index (χ4n) is 2.63. The van der Waals surface area contributed by atoms with Crippen LogP contribution in [0.3, 0.4) is 0 Å². The lowest BCUT2D eigenvalue weighted by atomic mass is 10.1. The van der Waals surface area contributed by atoms with Crippen molar-refractivity contribution in [3.8, 4) is 5.75 Å². The van der Waals surface area contributed by atoms with Crippen LogP contribution in [-0.2, 0) is 4.74 Å². The summed E-state index contributed by atoms with van der Waals surface area (Å²) >= 11 is 5.93. The van der Waals surface area contributed by atoms with Crippen molar-refractivity contribution in [3.05, 3.63) is 58.6 Å². The van der Waals surface area contributed by atoms with Gasteiger partial charge in [0.05, 0.1) is 6.10 Å². The van der Waals surface area contributed by atoms with Crippen molar-refractivity contribution in [1.29, 1.82) is 0 Å². The molecule has 4 nitrogen and oxygen atoms in total. The molecule has 0 unspecified atom stereocenters. The summed E-state index contributed by atoms with van der Waals surface area (Å²) in [6.07, 6.45) is 2.32. The van der Waals surface area contributed by atoms with Crippen molar-refractivity contribution in [2.24, 2.45) is 0 Å². The minimum atomic E-state index is -0.161. The predicted octanol–water partition coefficient (Wildman–Crippen LogP) is 4.46. The molecule has 0 radical (unpaired) electrons. The highest BCUT2D eigenvalue weighted by atomic mass is 35.5. The molecule has 1 aliphatic rings. The zero-order valence-corrected chi connectivity index (χ0v) is 14.3. The van der Waals surface area contributed by atoms with Crippen molar-refractivity contribution in [3.63, 3.8) is 0 Å². The summed E-state index contributed by atoms with van der Waals surface area (Å²) in [4.78, 5) is 12.3. The average Bonchev–Trinajstić information content (AvgIpc) is 3.09. The Morgan fingerprint density at radius 1 is 1.29 bits per heavy atom. The van der Waals surface area contributed by atoms with Gasteiger partial charge in [-0.05, 0) is 67.8 Å². The molecular formula is C19H20ClNO3. The van der Waals surface area contributed by atoms with Crippen molar-refractivity contribution in [1.82, 2.24) is 0 Å². The Balaban J connectivity index is 1.58. The Bertz CT molecular complexity index is 709. The van der Waals surface area contributed by atoms with E-state index in [-0.39, 0.29) is 12.0 Å². The second kappa shape index (κ2) is 7.69. The number of carbonyl (C=O) groups excluding carboxylic acids is 1. The summed E-state index contributed by atoms with van der Waals surface area (Å²) in [5.41, 5.74) is 2.25. The summed E-state index contributed by atoms with van der Waals surface area (Å²) in [5.74, 6) is 0.579. The number of hydrogen-bond donors (Lipinski definition) is 1. The Morgan fingerprint density at radius 2 is 2.08 bits per heavy atom. The topological polar surface area (TPSA) is 47.6 Å². The van der Waals surface area contributed by atoms with Gasteiger partial charge in [-0.3, -0.25) is 4.79 Å². The number of hydrogen-bond acceptors (Lipinski definition) is 3. The molecule has 0 aromatic heterocycles. The molecule has 1 fully saturated rings. The van der Waals surface area contributed by atoms with Gasteiger partial charge in [-0.2, -0.15) is 0 Å². The monoisotopic (exact) mass is 345 g/mol. The summed E-state index contributed by atoms with van der Waals surface area (Å²) in [5, 5.41) is 3.54. The van der Waals surface area contributed by atoms with Crippen LogP contribution >= 0.6 is 11.6 Å². The Kier molecular flexibility index (Phi) is 5.38. The molecule has 126 valence electrons. The lowest BCUT2D eigenvalue weighted by Gasteiger charge is -2.12. The molecular weight excluding hydrogens is 326 g/mol. The standard InChI is InChI=1S/C19H20ClNO3/c1-13-11-15(20)6-9-18(13)21-19(22)14-4-7-16(8-5-14)24-12-17-3-2-10-23-17/h4-9,11,17H,2-3,10,12H2,1H3,(H,21,22)/t17-/m0/s1. The third-order valence-corrected chi connectivity index (χ3v) is 4.25. The molecule has 1 heterocycles. The third kappa shape index (κ3) is 4.28. The average molecular weight is 346 g/mol. The van der Waals surface area contributed by atoms with E-state index in [1.807, 2.05) is 13.0 Å². The number of nitrogens with one attached hydrogen (secondary N) is 1. The van der Waals surface area contributed by atoms with Gasteiger partial charge in [-0.25, -0.2) is 0 Å². The molecule has 1 amide bonds. The summed E-state index contributed by atoms with van der Waals surface area (Å²) in [6, 6.07) is 12.5. The number of benzene rings is 2. The first kappa shape index (κ1) is 16.8. The van der Waals surface area contributed by atoms with Crippen molar-refractivity contribution >= 4 is 23.2 Å². The van der Waals surface area contributed by atoms with Crippen LogP contribution in [0.4, 0.5) is 5.69 Å². The maximum absolute atomic E-state index is 12.3. The van der Waals surface area contributed by atoms with E-state index in [1.54, 1.807) is 36.4 Å². The second-order valence-corrected chi connectivity index (χ2v) is 6.32. The van der Waals surface area contributed by atoms with E-state index in [0.717, 1.165) is 36.4 Å². The molecule has 1 saturated heterocycles. The van der Waals surface area contributed by atoms with Crippen molar-refractivity contribution in [2.45, 2.75) is 25.9 Å². The molecule has 0 spiro atoms. The number of rotatable bonds is 5. The van der Waals surface area contributed by atoms with E-state index >= 15 is 0 Å². The smallest absolute Gasteiger partial charge is 0.255 e. The molecule has 3 rings (SSSR count). The van der Waals surface area contributed by atoms with Crippen molar-refractivity contribution in [2.75, 3.05) is 18.5 Å². The van der Waals surface area contributed by atoms with Gasteiger partial charge in [0.2, 0.25) is 0 Å². The molecule has 1 N–H and O–H groups in total. The van der Waals surface area contributed by atoms with Gasteiger partial charge < -0.3 is 14.8 Å². The largest absolute Gasteiger partial charge is 0.491 e. The molecule has 1 atom stereocenters. The fourth-order valence-corrected chi connectivity index (χ4v) is 2.86. The van der Waals surface area contributed by atoms with Gasteiger partial charge >= 0.3 is 0 Å². The van der Waals surface area contributed by atoms with E-state index in [9.17, 15) is 4.79 Å². The number of carbonyl (C=O) groups is 1. The van der Waals surface area contributed by atoms with Gasteiger partial charge in [0, 0.05) is 22.9 Å². The first-order valence-electron chi connectivity index (χ1n) is 8.04. The molecule has 2 aromatic carbocycles. The normalized spacial score (nSPS) is 16.8. The second-order valence-electron chi connectivity index (χ2n) is 5.88. The summed E-state index contributed by atoms with van der Waals surface area (Å²) < 4.78 is 11.2. The van der Waals surface area contributed by atoms with Gasteiger partial charge in [0.1, 0.15) is 12.4 Å². The van der Waals surface area contributed by atoms with Crippen LogP contribution in [0.25, 0.3) is 0 Å². The SMILES string of the molecule is Cc1cc(Cl)ccc1NC(=O)c1ccc(OC[C@@H]2CCCO2)cc1. The van der Waals surface area contributed by atoms with Gasteiger partial charge in [-0.15, -0.1) is 0 Å². The summed E-state index contributed by atoms with van der Waals surface area (Å²) in [7, 11) is 0. The quantitative estimate of drug-likeness (QED) is 0.870. The van der Waals surface area contributed by atoms with Crippen LogP contribution in [0.1, 0.15) is 28.8 Å². The minimum Gasteiger partial charge on any atom is -0.491 e. The molecule has 0 aliphatic carbocycles. The Hall–Kier alpha value is -2.04. The lowest BCUT2D eigenvalue weighted by Crippen LogP contribution is -2.16. The van der Waals surface area contributed by atoms with Gasteiger partial charge in [0.15, 0.2) is 0 Å². The molecule has 0 saturated carbocycles. The Labute approximate surface area is 146 Å². The molecule has 0 bridgehead atoms. The molecule has 2 aromatic rings. The minimum absolute atomic E-state index is 0.161. The highest BCUT2D eigenvalue weighted by Crippen LogP contribution is 2.21. The zero-order valence-electron chi connectivity index (χ0n) is 13.5. The number of anilines is 1. The maximum atomic E-state index is 12.3. The predicted molar refractivity (Wildman–Crippen MR) is 95.1 cm³/mol. The van der Waals surface area contributed by atoms with Crippen LogP contribution in [0.5, 0.6) is 5.75 Å². The van der Waals surface area contributed by atoms with Crippen LogP contribution in [0.2, 0.25) is 5.02 Å². The van der Waals surface area contributed by atoms with E-state index in [0.29, 0.717) is 17.2 Å². The molecule has 1 aliphatic heterocycles. The van der Waals surface area contributed by atoms with Crippen LogP contribution < -0.4 is 10.1 Å². The van der Waals surface area contributed by atoms with Crippen LogP contribution in [0, 0.1) is 6.92 Å². The maximum Gasteiger partial charge on any atom is 0.255 e. The van der Waals surface area contributed by atoms with Gasteiger partial charge in [-0.1, -0.05) is 11.6 Å². The van der Waals surface area contributed by atoms with Crippen molar-refractivity contribution < 1.29 is 14.3 Å². The fraction of sp³-hybridized carbons (Fsp3) is 0.316. The highest BCUT2D eigenvalue weighted by Gasteiger charge is 2.16. The van der Waals surface area contributed by atoms with E-state index < -0.39 is 0 Å². The Morgan fingerprint density at radius 3 is 2.75 bits per heavy atom. The number of ether oxygens (including phenoxy) is 2. The third-order valence-electron chi connectivity index (χ3n) is 4.01. The lowest BCUT2D eigenvalue weighted by molar-refractivity contribution is 0.0679. The summed E-state index contributed by atoms with van der Waals surface area (Å²) in [6.45, 7) is 3.27. The van der Waals surface area contributed by atoms with Gasteiger partial charge in [0.25, 0.3) is 5.91 Å². The number of amides is 1. The van der Waals surface area contributed by atoms with E-state index in [1.165, 1.54) is 0 Å². The zero-order chi connectivity index (χ0) is 16.9. The number of aryl methyl sites for hydroxylation is 1. The van der Waals surface area contributed by atoms with E-state index in [2.05, 4.69) is 5.32 Å². The van der Waals surface area contributed by atoms with Crippen LogP contribution in [-0.4, -0.2) is 25.2 Å². The molecule has 5 heteroatoms. The van der Waals surface area contributed by atoms with Crippen LogP contribution in [0.15, 0.2) is 42.5 Å².